The molecule has 0 aromatic heterocycles. The van der Waals surface area contributed by atoms with Crippen molar-refractivity contribution in [3.63, 3.8) is 0 Å². The van der Waals surface area contributed by atoms with Gasteiger partial charge in [0.25, 0.3) is 0 Å². The van der Waals surface area contributed by atoms with Crippen LogP contribution in [0.25, 0.3) is 0 Å². The van der Waals surface area contributed by atoms with Gasteiger partial charge in [-0.25, -0.2) is 4.79 Å². The maximum atomic E-state index is 11.7. The van der Waals surface area contributed by atoms with Gasteiger partial charge in [0.1, 0.15) is 6.04 Å². The Kier molecular flexibility index (Phi) is 7.92. The van der Waals surface area contributed by atoms with Crippen LogP contribution in [0, 0.1) is 0 Å². The van der Waals surface area contributed by atoms with Gasteiger partial charge < -0.3 is 31.5 Å². The van der Waals surface area contributed by atoms with Crippen LogP contribution in [-0.2, 0) is 18.9 Å². The molecule has 118 valence electrons. The number of carboxylic acids is 1. The van der Waals surface area contributed by atoms with Crippen LogP contribution < -0.4 is 16.8 Å². The summed E-state index contributed by atoms with van der Waals surface area (Å²) in [5.74, 6) is -3.23. The number of carboxylic acid groups (broad SMARTS) is 1. The van der Waals surface area contributed by atoms with Gasteiger partial charge in [0.2, 0.25) is 13.3 Å². The minimum atomic E-state index is -3.87. The zero-order chi connectivity index (χ0) is 15.9. The molecule has 4 unspecified atom stereocenters. The Balaban J connectivity index is 4.68. The predicted molar refractivity (Wildman–Crippen MR) is 72.4 cm³/mol. The number of amides is 1. The smallest absolute Gasteiger partial charge is 0.326 e. The quantitative estimate of drug-likeness (QED) is 0.321. The molecule has 0 saturated heterocycles. The third-order valence-electron chi connectivity index (χ3n) is 2.66. The van der Waals surface area contributed by atoms with E-state index in [-0.39, 0.29) is 13.0 Å². The molecule has 0 radical (unpaired) electrons. The lowest BCUT2D eigenvalue weighted by Gasteiger charge is -2.22. The summed E-state index contributed by atoms with van der Waals surface area (Å²) in [6, 6.07) is -2.47. The van der Waals surface area contributed by atoms with E-state index in [4.69, 9.17) is 21.3 Å². The van der Waals surface area contributed by atoms with Crippen molar-refractivity contribution in [2.24, 2.45) is 11.5 Å². The summed E-state index contributed by atoms with van der Waals surface area (Å²) in [6.07, 6.45) is -0.443. The van der Waals surface area contributed by atoms with Gasteiger partial charge in [-0.3, -0.25) is 9.36 Å². The van der Waals surface area contributed by atoms with Crippen molar-refractivity contribution in [2.45, 2.75) is 31.2 Å². The van der Waals surface area contributed by atoms with E-state index in [1.54, 1.807) is 0 Å². The van der Waals surface area contributed by atoms with Crippen LogP contribution in [0.5, 0.6) is 0 Å². The van der Waals surface area contributed by atoms with Gasteiger partial charge in [0.15, 0.2) is 0 Å². The number of hydrogen-bond acceptors (Lipinski definition) is 6. The Hall–Kier alpha value is -0.990. The van der Waals surface area contributed by atoms with E-state index in [1.165, 1.54) is 14.0 Å². The van der Waals surface area contributed by atoms with Crippen molar-refractivity contribution in [2.75, 3.05) is 19.9 Å². The van der Waals surface area contributed by atoms with Crippen LogP contribution in [-0.4, -0.2) is 59.6 Å². The highest BCUT2D eigenvalue weighted by Gasteiger charge is 2.33. The standard InChI is InChI=1S/C10H22N3O6P/c1-6(11)20(17,18)5-8(10(15)16)13-9(14)7(12)3-4-19-2/h6-8H,3-5,11-12H2,1-2H3,(H,13,14)(H,15,16)(H,17,18). The molecule has 0 saturated carbocycles. The second-order valence-corrected chi connectivity index (χ2v) is 7.16. The number of rotatable bonds is 9. The molecule has 4 atom stereocenters. The molecule has 0 aliphatic heterocycles. The topological polar surface area (TPSA) is 165 Å². The summed E-state index contributed by atoms with van der Waals surface area (Å²) in [6.45, 7) is 1.54. The molecule has 0 aliphatic rings. The Morgan fingerprint density at radius 3 is 2.35 bits per heavy atom. The molecule has 0 aromatic rings. The third-order valence-corrected chi connectivity index (χ3v) is 4.83. The SMILES string of the molecule is COCCC(N)C(=O)NC(CP(=O)(O)C(C)N)C(=O)O. The van der Waals surface area contributed by atoms with E-state index >= 15 is 0 Å². The fourth-order valence-electron chi connectivity index (χ4n) is 1.27. The van der Waals surface area contributed by atoms with Gasteiger partial charge >= 0.3 is 5.97 Å². The number of nitrogens with one attached hydrogen (secondary N) is 1. The first-order valence-corrected chi connectivity index (χ1v) is 7.88. The van der Waals surface area contributed by atoms with Gasteiger partial charge in [-0.1, -0.05) is 0 Å². The molecule has 0 fully saturated rings. The third kappa shape index (κ3) is 6.44. The first-order valence-electron chi connectivity index (χ1n) is 5.96. The second kappa shape index (κ2) is 8.33. The van der Waals surface area contributed by atoms with E-state index in [1.807, 2.05) is 0 Å². The molecule has 9 nitrogen and oxygen atoms in total. The number of hydrogen-bond donors (Lipinski definition) is 5. The van der Waals surface area contributed by atoms with Crippen molar-refractivity contribution in [3.05, 3.63) is 0 Å². The van der Waals surface area contributed by atoms with E-state index < -0.39 is 43.3 Å². The molecule has 0 heterocycles. The maximum Gasteiger partial charge on any atom is 0.326 e. The largest absolute Gasteiger partial charge is 0.480 e. The zero-order valence-corrected chi connectivity index (χ0v) is 12.4. The fraction of sp³-hybridized carbons (Fsp3) is 0.800. The molecule has 10 heteroatoms. The highest BCUT2D eigenvalue weighted by atomic mass is 31.2. The average Bonchev–Trinajstić information content (AvgIpc) is 2.34. The number of ether oxygens (including phenoxy) is 1. The fourth-order valence-corrected chi connectivity index (χ4v) is 2.37. The van der Waals surface area contributed by atoms with Crippen LogP contribution in [0.1, 0.15) is 13.3 Å². The second-order valence-electron chi connectivity index (χ2n) is 4.47. The monoisotopic (exact) mass is 311 g/mol. The van der Waals surface area contributed by atoms with Crippen molar-refractivity contribution in [1.82, 2.24) is 5.32 Å². The molecule has 0 aliphatic carbocycles. The molecule has 20 heavy (non-hydrogen) atoms. The van der Waals surface area contributed by atoms with Crippen LogP contribution >= 0.6 is 7.37 Å². The molecule has 7 N–H and O–H groups in total. The van der Waals surface area contributed by atoms with Crippen molar-refractivity contribution >= 4 is 19.2 Å². The Labute approximate surface area is 117 Å². The van der Waals surface area contributed by atoms with Gasteiger partial charge in [-0.05, 0) is 13.3 Å². The van der Waals surface area contributed by atoms with Gasteiger partial charge in [-0.15, -0.1) is 0 Å². The number of carbonyl (C=O) groups is 2. The molecule has 0 rings (SSSR count). The van der Waals surface area contributed by atoms with Crippen molar-refractivity contribution in [1.29, 1.82) is 0 Å². The number of nitrogens with two attached hydrogens (primary N) is 2. The summed E-state index contributed by atoms with van der Waals surface area (Å²) < 4.78 is 16.5. The van der Waals surface area contributed by atoms with Crippen LogP contribution in [0.15, 0.2) is 0 Å². The first-order chi connectivity index (χ1) is 9.11. The molecule has 0 bridgehead atoms. The molecular weight excluding hydrogens is 289 g/mol. The van der Waals surface area contributed by atoms with Gasteiger partial charge in [0.05, 0.1) is 18.0 Å². The van der Waals surface area contributed by atoms with Gasteiger partial charge in [-0.2, -0.15) is 0 Å². The van der Waals surface area contributed by atoms with Crippen molar-refractivity contribution in [3.8, 4) is 0 Å². The summed E-state index contributed by atoms with van der Waals surface area (Å²) in [7, 11) is -2.43. The summed E-state index contributed by atoms with van der Waals surface area (Å²) in [4.78, 5) is 32.2. The van der Waals surface area contributed by atoms with E-state index in [0.29, 0.717) is 0 Å². The number of methoxy groups -OCH3 is 1. The Bertz CT molecular complexity index is 389. The normalized spacial score (nSPS) is 18.6. The number of carbonyl (C=O) groups excluding carboxylic acids is 1. The summed E-state index contributed by atoms with van der Waals surface area (Å²) in [5, 5.41) is 11.1. The zero-order valence-electron chi connectivity index (χ0n) is 11.5. The number of aliphatic carboxylic acids is 1. The van der Waals surface area contributed by atoms with E-state index in [9.17, 15) is 19.0 Å². The highest BCUT2D eigenvalue weighted by molar-refractivity contribution is 7.58. The van der Waals surface area contributed by atoms with E-state index in [0.717, 1.165) is 0 Å². The predicted octanol–water partition coefficient (Wildman–Crippen LogP) is -1.51. The van der Waals surface area contributed by atoms with E-state index in [2.05, 4.69) is 5.32 Å². The van der Waals surface area contributed by atoms with Gasteiger partial charge in [0, 0.05) is 13.7 Å². The summed E-state index contributed by atoms with van der Waals surface area (Å²) >= 11 is 0. The first kappa shape index (κ1) is 19.0. The lowest BCUT2D eigenvalue weighted by Crippen LogP contribution is -2.50. The summed E-state index contributed by atoms with van der Waals surface area (Å²) in [5.41, 5.74) is 10.8. The van der Waals surface area contributed by atoms with Crippen LogP contribution in [0.2, 0.25) is 0 Å². The maximum absolute atomic E-state index is 11.7. The van der Waals surface area contributed by atoms with Crippen LogP contribution in [0.4, 0.5) is 0 Å². The molecule has 1 amide bonds. The average molecular weight is 311 g/mol. The lowest BCUT2D eigenvalue weighted by molar-refractivity contribution is -0.141. The molecule has 0 spiro atoms. The highest BCUT2D eigenvalue weighted by Crippen LogP contribution is 2.44. The Morgan fingerprint density at radius 1 is 1.40 bits per heavy atom. The Morgan fingerprint density at radius 2 is 1.95 bits per heavy atom. The minimum absolute atomic E-state index is 0.207. The molecule has 0 aromatic carbocycles. The van der Waals surface area contributed by atoms with Crippen LogP contribution in [0.3, 0.4) is 0 Å². The molecular formula is C10H22N3O6P. The van der Waals surface area contributed by atoms with Crippen molar-refractivity contribution < 1.29 is 28.9 Å². The minimum Gasteiger partial charge on any atom is -0.480 e. The lowest BCUT2D eigenvalue weighted by atomic mass is 10.2.